The number of pyridine rings is 1. The fourth-order valence-electron chi connectivity index (χ4n) is 3.82. The van der Waals surface area contributed by atoms with Gasteiger partial charge in [-0.3, -0.25) is 9.88 Å². The molecule has 2 aromatic rings. The number of likely N-dealkylation sites (tertiary alicyclic amines) is 1. The number of para-hydroxylation sites is 1. The van der Waals surface area contributed by atoms with Gasteiger partial charge in [0.05, 0.1) is 5.69 Å². The van der Waals surface area contributed by atoms with Crippen LogP contribution in [0.2, 0.25) is 0 Å². The third kappa shape index (κ3) is 3.30. The van der Waals surface area contributed by atoms with E-state index in [0.717, 1.165) is 57.0 Å². The molecule has 1 saturated heterocycles. The van der Waals surface area contributed by atoms with Crippen molar-refractivity contribution in [3.8, 4) is 5.75 Å². The van der Waals surface area contributed by atoms with Crippen LogP contribution in [0.3, 0.4) is 0 Å². The Labute approximate surface area is 144 Å². The summed E-state index contributed by atoms with van der Waals surface area (Å²) in [7, 11) is 2.20. The Balaban J connectivity index is 1.62. The highest BCUT2D eigenvalue weighted by Gasteiger charge is 2.40. The first-order valence-corrected chi connectivity index (χ1v) is 8.80. The minimum Gasteiger partial charge on any atom is -0.486 e. The molecule has 0 saturated carbocycles. The molecule has 24 heavy (non-hydrogen) atoms. The molecule has 0 unspecified atom stereocenters. The third-order valence-corrected chi connectivity index (χ3v) is 5.21. The molecular weight excluding hydrogens is 298 g/mol. The van der Waals surface area contributed by atoms with E-state index in [-0.39, 0.29) is 5.60 Å². The fraction of sp³-hybridized carbons (Fsp3) is 0.450. The van der Waals surface area contributed by atoms with Gasteiger partial charge in [0.2, 0.25) is 0 Å². The van der Waals surface area contributed by atoms with E-state index in [1.165, 1.54) is 5.56 Å². The topological polar surface area (TPSA) is 28.6 Å². The Morgan fingerprint density at radius 3 is 2.67 bits per heavy atom. The number of fused-ring (bicyclic) bond motifs is 1. The molecule has 3 heterocycles. The second-order valence-electron chi connectivity index (χ2n) is 7.16. The summed E-state index contributed by atoms with van der Waals surface area (Å²) in [5.74, 6) is 1.06. The molecule has 1 aromatic heterocycles. The lowest BCUT2D eigenvalue weighted by molar-refractivity contribution is -0.0148. The number of rotatable bonds is 2. The van der Waals surface area contributed by atoms with Crippen molar-refractivity contribution in [2.24, 2.45) is 0 Å². The second-order valence-corrected chi connectivity index (χ2v) is 7.16. The number of piperidine rings is 1. The average molecular weight is 323 g/mol. The molecule has 2 aliphatic rings. The molecule has 0 bridgehead atoms. The molecule has 4 nitrogen and oxygen atoms in total. The van der Waals surface area contributed by atoms with E-state index in [0.29, 0.717) is 0 Å². The van der Waals surface area contributed by atoms with Crippen LogP contribution in [0.1, 0.15) is 24.1 Å². The first-order valence-electron chi connectivity index (χ1n) is 8.80. The summed E-state index contributed by atoms with van der Waals surface area (Å²) in [6, 6.07) is 14.6. The summed E-state index contributed by atoms with van der Waals surface area (Å²) >= 11 is 0. The zero-order valence-corrected chi connectivity index (χ0v) is 14.3. The smallest absolute Gasteiger partial charge is 0.124 e. The maximum atomic E-state index is 6.61. The van der Waals surface area contributed by atoms with Crippen LogP contribution in [-0.4, -0.2) is 47.1 Å². The van der Waals surface area contributed by atoms with Crippen LogP contribution in [-0.2, 0) is 13.1 Å². The molecule has 0 N–H and O–H groups in total. The predicted octanol–water partition coefficient (Wildman–Crippen LogP) is 2.94. The molecule has 4 rings (SSSR count). The van der Waals surface area contributed by atoms with Gasteiger partial charge in [-0.25, -0.2) is 0 Å². The van der Waals surface area contributed by atoms with Crippen LogP contribution < -0.4 is 4.74 Å². The first-order chi connectivity index (χ1) is 11.7. The number of hydrogen-bond donors (Lipinski definition) is 0. The molecular formula is C20H25N3O. The van der Waals surface area contributed by atoms with Crippen molar-refractivity contribution in [1.29, 1.82) is 0 Å². The molecule has 0 amide bonds. The third-order valence-electron chi connectivity index (χ3n) is 5.21. The zero-order chi connectivity index (χ0) is 16.4. The maximum absolute atomic E-state index is 6.61. The summed E-state index contributed by atoms with van der Waals surface area (Å²) in [5, 5.41) is 0. The van der Waals surface area contributed by atoms with Crippen LogP contribution in [0.15, 0.2) is 48.7 Å². The largest absolute Gasteiger partial charge is 0.486 e. The molecule has 1 spiro atoms. The highest BCUT2D eigenvalue weighted by molar-refractivity contribution is 5.35. The standard InChI is InChI=1S/C20H25N3O/c1-22-12-9-20(10-13-22)16-23(15-18-7-4-5-11-21-18)14-17-6-2-3-8-19(17)24-20/h2-8,11H,9-10,12-16H2,1H3. The van der Waals surface area contributed by atoms with Gasteiger partial charge >= 0.3 is 0 Å². The van der Waals surface area contributed by atoms with Crippen molar-refractivity contribution >= 4 is 0 Å². The van der Waals surface area contributed by atoms with Crippen molar-refractivity contribution in [2.45, 2.75) is 31.5 Å². The van der Waals surface area contributed by atoms with Gasteiger partial charge in [0.25, 0.3) is 0 Å². The van der Waals surface area contributed by atoms with E-state index in [2.05, 4.69) is 58.2 Å². The van der Waals surface area contributed by atoms with Crippen molar-refractivity contribution < 1.29 is 4.74 Å². The Morgan fingerprint density at radius 1 is 1.08 bits per heavy atom. The van der Waals surface area contributed by atoms with Crippen LogP contribution in [0, 0.1) is 0 Å². The van der Waals surface area contributed by atoms with E-state index >= 15 is 0 Å². The van der Waals surface area contributed by atoms with Crippen LogP contribution in [0.5, 0.6) is 5.75 Å². The predicted molar refractivity (Wildman–Crippen MR) is 94.9 cm³/mol. The van der Waals surface area contributed by atoms with Crippen LogP contribution in [0.4, 0.5) is 0 Å². The molecule has 1 aromatic carbocycles. The molecule has 0 aliphatic carbocycles. The Hall–Kier alpha value is -1.91. The summed E-state index contributed by atoms with van der Waals surface area (Å²) in [5.41, 5.74) is 2.33. The number of benzene rings is 1. The van der Waals surface area contributed by atoms with Crippen molar-refractivity contribution in [1.82, 2.24) is 14.8 Å². The molecule has 0 atom stereocenters. The number of ether oxygens (including phenoxy) is 1. The van der Waals surface area contributed by atoms with Gasteiger partial charge in [-0.2, -0.15) is 0 Å². The SMILES string of the molecule is CN1CCC2(CC1)CN(Cc1ccccn1)Cc1ccccc1O2. The number of aromatic nitrogens is 1. The highest BCUT2D eigenvalue weighted by atomic mass is 16.5. The van der Waals surface area contributed by atoms with Gasteiger partial charge in [-0.05, 0) is 25.2 Å². The lowest BCUT2D eigenvalue weighted by atomic mass is 9.90. The van der Waals surface area contributed by atoms with E-state index in [1.54, 1.807) is 0 Å². The molecule has 2 aliphatic heterocycles. The van der Waals surface area contributed by atoms with E-state index in [4.69, 9.17) is 4.74 Å². The molecule has 126 valence electrons. The van der Waals surface area contributed by atoms with Gasteiger partial charge in [-0.15, -0.1) is 0 Å². The minimum absolute atomic E-state index is 0.0755. The Morgan fingerprint density at radius 2 is 1.88 bits per heavy atom. The van der Waals surface area contributed by atoms with Gasteiger partial charge in [-0.1, -0.05) is 24.3 Å². The normalized spacial score (nSPS) is 21.0. The maximum Gasteiger partial charge on any atom is 0.124 e. The quantitative estimate of drug-likeness (QED) is 0.849. The summed E-state index contributed by atoms with van der Waals surface area (Å²) in [6.45, 7) is 4.95. The lowest BCUT2D eigenvalue weighted by Crippen LogP contribution is -2.52. The molecule has 0 radical (unpaired) electrons. The zero-order valence-electron chi connectivity index (χ0n) is 14.3. The second kappa shape index (κ2) is 6.54. The highest BCUT2D eigenvalue weighted by Crippen LogP contribution is 2.35. The lowest BCUT2D eigenvalue weighted by Gasteiger charge is -2.41. The first kappa shape index (κ1) is 15.6. The van der Waals surface area contributed by atoms with E-state index in [9.17, 15) is 0 Å². The van der Waals surface area contributed by atoms with Crippen LogP contribution >= 0.6 is 0 Å². The van der Waals surface area contributed by atoms with Crippen molar-refractivity contribution in [3.05, 3.63) is 59.9 Å². The summed E-state index contributed by atoms with van der Waals surface area (Å²) in [6.07, 6.45) is 4.04. The summed E-state index contributed by atoms with van der Waals surface area (Å²) in [4.78, 5) is 9.41. The van der Waals surface area contributed by atoms with E-state index < -0.39 is 0 Å². The van der Waals surface area contributed by atoms with Crippen molar-refractivity contribution in [2.75, 3.05) is 26.7 Å². The Bertz CT molecular complexity index is 680. The molecule has 4 heteroatoms. The van der Waals surface area contributed by atoms with E-state index in [1.807, 2.05) is 12.3 Å². The van der Waals surface area contributed by atoms with Gasteiger partial charge in [0.1, 0.15) is 11.4 Å². The average Bonchev–Trinajstić information content (AvgIpc) is 2.75. The molecule has 1 fully saturated rings. The van der Waals surface area contributed by atoms with Gasteiger partial charge in [0.15, 0.2) is 0 Å². The monoisotopic (exact) mass is 323 g/mol. The fourth-order valence-corrected chi connectivity index (χ4v) is 3.82. The van der Waals surface area contributed by atoms with Crippen molar-refractivity contribution in [3.63, 3.8) is 0 Å². The minimum atomic E-state index is -0.0755. The number of hydrogen-bond acceptors (Lipinski definition) is 4. The van der Waals surface area contributed by atoms with Gasteiger partial charge < -0.3 is 9.64 Å². The Kier molecular flexibility index (Phi) is 4.25. The summed E-state index contributed by atoms with van der Waals surface area (Å²) < 4.78 is 6.61. The van der Waals surface area contributed by atoms with Crippen LogP contribution in [0.25, 0.3) is 0 Å². The van der Waals surface area contributed by atoms with Gasteiger partial charge in [0, 0.05) is 57.3 Å². The number of nitrogens with zero attached hydrogens (tertiary/aromatic N) is 3.